The highest BCUT2D eigenvalue weighted by atomic mass is 16.3. The Morgan fingerprint density at radius 1 is 0.879 bits per heavy atom. The first kappa shape index (κ1) is 50.0. The first-order valence-electron chi connectivity index (χ1n) is 21.1. The number of aromatic nitrogens is 1. The van der Waals surface area contributed by atoms with Crippen molar-refractivity contribution < 1.29 is 59.1 Å². The first-order chi connectivity index (χ1) is 31.3. The molecule has 5 rings (SSSR count). The van der Waals surface area contributed by atoms with Crippen LogP contribution in [0.1, 0.15) is 44.2 Å². The van der Waals surface area contributed by atoms with E-state index < -0.39 is 128 Å². The lowest BCUT2D eigenvalue weighted by atomic mass is 9.91. The fourth-order valence-electron chi connectivity index (χ4n) is 7.18. The molecule has 352 valence electrons. The molecule has 0 aliphatic carbocycles. The van der Waals surface area contributed by atoms with Gasteiger partial charge < -0.3 is 67.3 Å². The molecule has 0 bridgehead atoms. The van der Waals surface area contributed by atoms with E-state index in [1.54, 1.807) is 48.7 Å². The molecule has 3 aromatic rings. The topological polar surface area (TPSA) is 312 Å². The third-order valence-corrected chi connectivity index (χ3v) is 11.0. The molecule has 8 atom stereocenters. The molecule has 7 amide bonds. The summed E-state index contributed by atoms with van der Waals surface area (Å²) in [5, 5.41) is 71.0. The van der Waals surface area contributed by atoms with Gasteiger partial charge in [-0.15, -0.1) is 0 Å². The Hall–Kier alpha value is -6.97. The number of carbonyl (C=O) groups excluding carboxylic acids is 7. The maximum Gasteiger partial charge on any atom is 0.268 e. The SMILES string of the molecule is CC(/C=C/c1ccccc1)=C\C=C\[C@H](C)[C@H](O)[C@@H](O)[C@H]1NC(=O)C[C@@H](O)CNC(=O)CNC(=O)/C(=C\c2c[nH]c3ccccc23)NC(=O)CN(C)C(=O)C[C@]2(O)NC(=O)C[C@H]2NC(=O)[C@H]1O. The predicted molar refractivity (Wildman–Crippen MR) is 240 cm³/mol. The monoisotopic (exact) mass is 912 g/mol. The summed E-state index contributed by atoms with van der Waals surface area (Å²) in [4.78, 5) is 96.5. The average molecular weight is 913 g/mol. The Bertz CT molecular complexity index is 2400. The van der Waals surface area contributed by atoms with E-state index in [-0.39, 0.29) is 5.70 Å². The van der Waals surface area contributed by atoms with Crippen LogP contribution < -0.4 is 31.9 Å². The lowest BCUT2D eigenvalue weighted by molar-refractivity contribution is -0.145. The number of aromatic amines is 1. The number of fused-ring (bicyclic) bond motifs is 2. The number of para-hydroxylation sites is 1. The number of likely N-dealkylation sites (N-methyl/N-ethyl adjacent to an activating group) is 1. The summed E-state index contributed by atoms with van der Waals surface area (Å²) in [5.41, 5.74) is 0.246. The number of amides is 7. The van der Waals surface area contributed by atoms with E-state index in [1.807, 2.05) is 49.4 Å². The molecule has 2 aliphatic rings. The maximum absolute atomic E-state index is 13.7. The van der Waals surface area contributed by atoms with Crippen LogP contribution in [0.3, 0.4) is 0 Å². The zero-order chi connectivity index (χ0) is 48.1. The Kier molecular flexibility index (Phi) is 17.3. The molecule has 66 heavy (non-hydrogen) atoms. The van der Waals surface area contributed by atoms with Crippen LogP contribution in [-0.2, 0) is 33.6 Å². The van der Waals surface area contributed by atoms with Crippen molar-refractivity contribution in [3.8, 4) is 0 Å². The number of aliphatic hydroxyl groups excluding tert-OH is 4. The van der Waals surface area contributed by atoms with Gasteiger partial charge in [0.25, 0.3) is 11.8 Å². The molecule has 0 unspecified atom stereocenters. The number of β-amino-alcohol motifs (C(OH)–C–C–N with tert-alkyl or cyclic N) is 1. The Morgan fingerprint density at radius 3 is 2.33 bits per heavy atom. The van der Waals surface area contributed by atoms with Crippen LogP contribution in [0.5, 0.6) is 0 Å². The van der Waals surface area contributed by atoms with Crippen molar-refractivity contribution in [1.82, 2.24) is 41.8 Å². The van der Waals surface area contributed by atoms with Gasteiger partial charge in [0.15, 0.2) is 11.8 Å². The number of hydrogen-bond acceptors (Lipinski definition) is 12. The molecule has 0 spiro atoms. The fraction of sp³-hybridized carbons (Fsp3) is 0.370. The summed E-state index contributed by atoms with van der Waals surface area (Å²) in [6.07, 6.45) is 1.67. The van der Waals surface area contributed by atoms with Gasteiger partial charge in [-0.2, -0.15) is 0 Å². The van der Waals surface area contributed by atoms with E-state index in [1.165, 1.54) is 20.0 Å². The zero-order valence-electron chi connectivity index (χ0n) is 36.6. The number of benzene rings is 2. The van der Waals surface area contributed by atoms with E-state index in [0.717, 1.165) is 21.6 Å². The molecular formula is C46H56N8O12. The number of H-pyrrole nitrogens is 1. The lowest BCUT2D eigenvalue weighted by Gasteiger charge is -2.34. The molecule has 20 heteroatoms. The van der Waals surface area contributed by atoms with Crippen molar-refractivity contribution in [2.24, 2.45) is 5.92 Å². The van der Waals surface area contributed by atoms with Crippen LogP contribution in [-0.4, -0.2) is 146 Å². The van der Waals surface area contributed by atoms with Gasteiger partial charge in [0.2, 0.25) is 29.5 Å². The maximum atomic E-state index is 13.7. The van der Waals surface area contributed by atoms with Crippen LogP contribution in [0, 0.1) is 5.92 Å². The number of nitrogens with zero attached hydrogens (tertiary/aromatic N) is 1. The minimum atomic E-state index is -2.47. The molecule has 2 aliphatic heterocycles. The quantitative estimate of drug-likeness (QED) is 0.0917. The molecule has 2 saturated heterocycles. The van der Waals surface area contributed by atoms with Gasteiger partial charge in [-0.25, -0.2) is 0 Å². The van der Waals surface area contributed by atoms with E-state index in [4.69, 9.17) is 0 Å². The van der Waals surface area contributed by atoms with E-state index >= 15 is 0 Å². The van der Waals surface area contributed by atoms with Gasteiger partial charge in [-0.3, -0.25) is 33.6 Å². The Balaban J connectivity index is 1.37. The van der Waals surface area contributed by atoms with Crippen molar-refractivity contribution in [2.75, 3.05) is 26.7 Å². The summed E-state index contributed by atoms with van der Waals surface area (Å²) < 4.78 is 0. The highest BCUT2D eigenvalue weighted by Gasteiger charge is 2.49. The van der Waals surface area contributed by atoms with E-state index in [9.17, 15) is 59.1 Å². The highest BCUT2D eigenvalue weighted by Crippen LogP contribution is 2.24. The fourth-order valence-corrected chi connectivity index (χ4v) is 7.18. The smallest absolute Gasteiger partial charge is 0.268 e. The Morgan fingerprint density at radius 2 is 1.59 bits per heavy atom. The largest absolute Gasteiger partial charge is 0.391 e. The van der Waals surface area contributed by atoms with Crippen molar-refractivity contribution in [1.29, 1.82) is 0 Å². The van der Waals surface area contributed by atoms with Gasteiger partial charge in [-0.1, -0.05) is 91.4 Å². The van der Waals surface area contributed by atoms with Crippen molar-refractivity contribution in [3.63, 3.8) is 0 Å². The molecule has 0 radical (unpaired) electrons. The van der Waals surface area contributed by atoms with Crippen molar-refractivity contribution in [2.45, 2.75) is 75.3 Å². The second-order valence-electron chi connectivity index (χ2n) is 16.3. The van der Waals surface area contributed by atoms with Crippen LogP contribution in [0.15, 0.2) is 96.4 Å². The van der Waals surface area contributed by atoms with Gasteiger partial charge in [0, 0.05) is 42.2 Å². The van der Waals surface area contributed by atoms with Gasteiger partial charge in [-0.05, 0) is 24.6 Å². The second-order valence-corrected chi connectivity index (χ2v) is 16.3. The molecule has 12 N–H and O–H groups in total. The molecule has 0 saturated carbocycles. The summed E-state index contributed by atoms with van der Waals surface area (Å²) >= 11 is 0. The molecule has 20 nitrogen and oxygen atoms in total. The Labute approximate surface area is 379 Å². The summed E-state index contributed by atoms with van der Waals surface area (Å²) in [5.74, 6) is -7.51. The van der Waals surface area contributed by atoms with Crippen LogP contribution in [0.4, 0.5) is 0 Å². The number of aliphatic hydroxyl groups is 5. The van der Waals surface area contributed by atoms with Crippen LogP contribution >= 0.6 is 0 Å². The van der Waals surface area contributed by atoms with Gasteiger partial charge >= 0.3 is 0 Å². The molecule has 2 fully saturated rings. The van der Waals surface area contributed by atoms with Crippen LogP contribution in [0.2, 0.25) is 0 Å². The number of rotatable bonds is 8. The molecule has 1 aromatic heterocycles. The highest BCUT2D eigenvalue weighted by molar-refractivity contribution is 6.05. The number of hydrogen-bond donors (Lipinski definition) is 12. The number of allylic oxidation sites excluding steroid dienone is 4. The number of carbonyl (C=O) groups is 7. The lowest BCUT2D eigenvalue weighted by Crippen LogP contribution is -2.63. The average Bonchev–Trinajstić information content (AvgIpc) is 3.82. The summed E-state index contributed by atoms with van der Waals surface area (Å²) in [7, 11) is 1.21. The number of nitrogens with one attached hydrogen (secondary N) is 7. The zero-order valence-corrected chi connectivity index (χ0v) is 36.6. The van der Waals surface area contributed by atoms with Crippen molar-refractivity contribution >= 4 is 64.4 Å². The summed E-state index contributed by atoms with van der Waals surface area (Å²) in [6.45, 7) is 1.53. The second kappa shape index (κ2) is 22.8. The first-order valence-corrected chi connectivity index (χ1v) is 21.1. The molecular weight excluding hydrogens is 857 g/mol. The van der Waals surface area contributed by atoms with Gasteiger partial charge in [0.05, 0.1) is 56.6 Å². The normalized spacial score (nSPS) is 26.0. The summed E-state index contributed by atoms with van der Waals surface area (Å²) in [6, 6.07) is 13.1. The minimum Gasteiger partial charge on any atom is -0.391 e. The van der Waals surface area contributed by atoms with Gasteiger partial charge in [0.1, 0.15) is 11.8 Å². The third-order valence-electron chi connectivity index (χ3n) is 11.0. The van der Waals surface area contributed by atoms with E-state index in [2.05, 4.69) is 36.9 Å². The predicted octanol–water partition coefficient (Wildman–Crippen LogP) is -1.42. The standard InChI is InChI=1S/C46H56N8O12/c1-26(16-17-28-12-5-4-6-13-28)10-9-11-27(2)41(61)42(62)40-43(63)45(65)51-34-20-36(57)53-46(34,66)21-39(60)54(3)25-38(59)50-33(18-29-22-47-32-15-8-7-14-31(29)32)44(64)49-24-37(58)48-23-30(55)19-35(56)52-40/h4-18,22,27,30,34,40-43,47,55,61-63,66H,19-21,23-25H2,1-3H3,(H,48,58)(H,49,64)(H,50,59)(H,51,65)(H,52,56)(H,53,57)/b11-9+,17-16+,26-10+,33-18+/t27-,30+,34+,40+,41-,42-,43-,46+/m0/s1. The molecule has 2 aromatic carbocycles. The third kappa shape index (κ3) is 13.8. The molecule has 3 heterocycles. The van der Waals surface area contributed by atoms with Crippen LogP contribution in [0.25, 0.3) is 23.1 Å². The van der Waals surface area contributed by atoms with Crippen molar-refractivity contribution in [3.05, 3.63) is 107 Å². The van der Waals surface area contributed by atoms with E-state index in [0.29, 0.717) is 10.9 Å². The minimum absolute atomic E-state index is 0.317.